The van der Waals surface area contributed by atoms with Crippen LogP contribution in [0.15, 0.2) is 72.8 Å². The maximum absolute atomic E-state index is 14.0. The van der Waals surface area contributed by atoms with Gasteiger partial charge in [0.2, 0.25) is 0 Å². The number of unbranched alkanes of at least 4 members (excludes halogenated alkanes) is 2. The molecule has 6 heteroatoms. The van der Waals surface area contributed by atoms with Crippen molar-refractivity contribution in [3.05, 3.63) is 95.1 Å². The molecular formula is C37H49N3O3. The van der Waals surface area contributed by atoms with Crippen LogP contribution >= 0.6 is 0 Å². The van der Waals surface area contributed by atoms with Gasteiger partial charge >= 0.3 is 0 Å². The van der Waals surface area contributed by atoms with E-state index >= 15 is 0 Å². The van der Waals surface area contributed by atoms with Crippen LogP contribution < -0.4 is 10.1 Å². The molecule has 1 aliphatic rings. The average molecular weight is 584 g/mol. The molecule has 0 unspecified atom stereocenters. The second-order valence-electron chi connectivity index (χ2n) is 12.2. The zero-order valence-corrected chi connectivity index (χ0v) is 26.5. The molecule has 0 aromatic heterocycles. The first-order valence-electron chi connectivity index (χ1n) is 16.0. The number of aryl methyl sites for hydroxylation is 1. The molecule has 6 nitrogen and oxygen atoms in total. The molecule has 0 atom stereocenters. The Hall–Kier alpha value is -3.64. The number of anilines is 1. The molecule has 43 heavy (non-hydrogen) atoms. The molecule has 1 fully saturated rings. The van der Waals surface area contributed by atoms with Gasteiger partial charge < -0.3 is 19.9 Å². The van der Waals surface area contributed by atoms with E-state index in [1.54, 1.807) is 7.11 Å². The number of nitrogens with one attached hydrogen (secondary N) is 1. The molecule has 0 saturated carbocycles. The van der Waals surface area contributed by atoms with Crippen LogP contribution in [0.25, 0.3) is 0 Å². The van der Waals surface area contributed by atoms with Gasteiger partial charge in [-0.25, -0.2) is 0 Å². The summed E-state index contributed by atoms with van der Waals surface area (Å²) in [5.41, 5.74) is 4.35. The summed E-state index contributed by atoms with van der Waals surface area (Å²) < 4.78 is 5.20. The van der Waals surface area contributed by atoms with Gasteiger partial charge in [0.05, 0.1) is 7.11 Å². The number of likely N-dealkylation sites (tertiary alicyclic amines) is 1. The van der Waals surface area contributed by atoms with Crippen LogP contribution in [0.4, 0.5) is 5.69 Å². The van der Waals surface area contributed by atoms with Crippen LogP contribution in [0.5, 0.6) is 5.75 Å². The SMILES string of the molecule is CCCCCc1ccc(C(=O)N(Cc2ccc(C(=O)Nc3ccc(OC)cc3)cc2)C2CCN(CCC(C)C)CC2)cc1. The molecular weight excluding hydrogens is 534 g/mol. The predicted octanol–water partition coefficient (Wildman–Crippen LogP) is 7.83. The van der Waals surface area contributed by atoms with E-state index in [9.17, 15) is 9.59 Å². The van der Waals surface area contributed by atoms with Crippen LogP contribution in [0.2, 0.25) is 0 Å². The van der Waals surface area contributed by atoms with E-state index in [4.69, 9.17) is 4.74 Å². The topological polar surface area (TPSA) is 61.9 Å². The Morgan fingerprint density at radius 3 is 2.12 bits per heavy atom. The highest BCUT2D eigenvalue weighted by Crippen LogP contribution is 2.24. The number of ether oxygens (including phenoxy) is 1. The number of hydrogen-bond donors (Lipinski definition) is 1. The highest BCUT2D eigenvalue weighted by molar-refractivity contribution is 6.04. The summed E-state index contributed by atoms with van der Waals surface area (Å²) in [6, 6.07) is 23.3. The van der Waals surface area contributed by atoms with Gasteiger partial charge in [0.15, 0.2) is 0 Å². The van der Waals surface area contributed by atoms with E-state index in [1.807, 2.05) is 60.7 Å². The van der Waals surface area contributed by atoms with E-state index < -0.39 is 0 Å². The van der Waals surface area contributed by atoms with Crippen molar-refractivity contribution in [3.8, 4) is 5.75 Å². The second-order valence-corrected chi connectivity index (χ2v) is 12.2. The molecule has 0 radical (unpaired) electrons. The smallest absolute Gasteiger partial charge is 0.255 e. The van der Waals surface area contributed by atoms with E-state index in [1.165, 1.54) is 31.2 Å². The largest absolute Gasteiger partial charge is 0.497 e. The first kappa shape index (κ1) is 32.3. The molecule has 0 aliphatic carbocycles. The molecule has 1 heterocycles. The fourth-order valence-electron chi connectivity index (χ4n) is 5.66. The standard InChI is InChI=1S/C37H49N3O3/c1-5-6-7-8-29-9-15-32(16-10-29)37(42)40(34-22-25-39(26-23-34)24-21-28(2)3)27-30-11-13-31(14-12-30)36(41)38-33-17-19-35(43-4)20-18-33/h9-20,28,34H,5-8,21-27H2,1-4H3,(H,38,41). The Kier molecular flexibility index (Phi) is 12.2. The lowest BCUT2D eigenvalue weighted by molar-refractivity contribution is 0.0546. The molecule has 4 rings (SSSR count). The lowest BCUT2D eigenvalue weighted by Gasteiger charge is -2.39. The molecule has 3 aromatic carbocycles. The summed E-state index contributed by atoms with van der Waals surface area (Å²) in [5, 5.41) is 2.94. The highest BCUT2D eigenvalue weighted by Gasteiger charge is 2.29. The third kappa shape index (κ3) is 9.69. The second kappa shape index (κ2) is 16.3. The van der Waals surface area contributed by atoms with Crippen molar-refractivity contribution in [1.82, 2.24) is 9.80 Å². The maximum atomic E-state index is 14.0. The van der Waals surface area contributed by atoms with Crippen LogP contribution in [0.1, 0.15) is 91.1 Å². The zero-order valence-electron chi connectivity index (χ0n) is 26.5. The number of rotatable bonds is 14. The van der Waals surface area contributed by atoms with Gasteiger partial charge in [0, 0.05) is 42.5 Å². The summed E-state index contributed by atoms with van der Waals surface area (Å²) in [6.45, 7) is 10.4. The van der Waals surface area contributed by atoms with Crippen molar-refractivity contribution in [2.45, 2.75) is 78.3 Å². The molecule has 0 spiro atoms. The Balaban J connectivity index is 1.45. The van der Waals surface area contributed by atoms with Crippen molar-refractivity contribution in [1.29, 1.82) is 0 Å². The number of methoxy groups -OCH3 is 1. The van der Waals surface area contributed by atoms with Crippen LogP contribution in [0, 0.1) is 5.92 Å². The van der Waals surface area contributed by atoms with E-state index in [0.717, 1.165) is 55.8 Å². The van der Waals surface area contributed by atoms with E-state index in [-0.39, 0.29) is 17.9 Å². The Bertz CT molecular complexity index is 1280. The Labute approximate surface area is 258 Å². The summed E-state index contributed by atoms with van der Waals surface area (Å²) in [4.78, 5) is 31.5. The number of amides is 2. The summed E-state index contributed by atoms with van der Waals surface area (Å²) in [6.07, 6.45) is 7.82. The number of nitrogens with zero attached hydrogens (tertiary/aromatic N) is 2. The third-order valence-corrected chi connectivity index (χ3v) is 8.47. The minimum absolute atomic E-state index is 0.0852. The van der Waals surface area contributed by atoms with Gasteiger partial charge in [-0.1, -0.05) is 57.9 Å². The number of benzene rings is 3. The van der Waals surface area contributed by atoms with Gasteiger partial charge in [-0.15, -0.1) is 0 Å². The normalized spacial score (nSPS) is 14.1. The lowest BCUT2D eigenvalue weighted by Crippen LogP contribution is -2.47. The summed E-state index contributed by atoms with van der Waals surface area (Å²) >= 11 is 0. The van der Waals surface area contributed by atoms with Gasteiger partial charge in [0.1, 0.15) is 5.75 Å². The van der Waals surface area contributed by atoms with Crippen molar-refractivity contribution in [2.75, 3.05) is 32.1 Å². The van der Waals surface area contributed by atoms with Crippen molar-refractivity contribution >= 4 is 17.5 Å². The van der Waals surface area contributed by atoms with E-state index in [2.05, 4.69) is 48.0 Å². The van der Waals surface area contributed by atoms with Crippen LogP contribution in [-0.4, -0.2) is 54.4 Å². The number of piperidine rings is 1. The fourth-order valence-corrected chi connectivity index (χ4v) is 5.66. The molecule has 2 amide bonds. The molecule has 0 bridgehead atoms. The molecule has 1 saturated heterocycles. The third-order valence-electron chi connectivity index (χ3n) is 8.47. The number of hydrogen-bond acceptors (Lipinski definition) is 4. The van der Waals surface area contributed by atoms with Gasteiger partial charge in [0.25, 0.3) is 11.8 Å². The Morgan fingerprint density at radius 2 is 1.51 bits per heavy atom. The van der Waals surface area contributed by atoms with Gasteiger partial charge in [-0.3, -0.25) is 9.59 Å². The van der Waals surface area contributed by atoms with Crippen LogP contribution in [-0.2, 0) is 13.0 Å². The number of carbonyl (C=O) groups is 2. The van der Waals surface area contributed by atoms with Crippen molar-refractivity contribution in [2.24, 2.45) is 5.92 Å². The fraction of sp³-hybridized carbons (Fsp3) is 0.459. The zero-order chi connectivity index (χ0) is 30.6. The minimum Gasteiger partial charge on any atom is -0.497 e. The maximum Gasteiger partial charge on any atom is 0.255 e. The highest BCUT2D eigenvalue weighted by atomic mass is 16.5. The number of carbonyl (C=O) groups excluding carboxylic acids is 2. The molecule has 3 aromatic rings. The average Bonchev–Trinajstić information content (AvgIpc) is 3.03. The van der Waals surface area contributed by atoms with Crippen molar-refractivity contribution < 1.29 is 14.3 Å². The first-order valence-corrected chi connectivity index (χ1v) is 16.0. The van der Waals surface area contributed by atoms with E-state index in [0.29, 0.717) is 23.7 Å². The van der Waals surface area contributed by atoms with Crippen molar-refractivity contribution in [3.63, 3.8) is 0 Å². The minimum atomic E-state index is -0.169. The van der Waals surface area contributed by atoms with Gasteiger partial charge in [-0.05, 0) is 104 Å². The van der Waals surface area contributed by atoms with Gasteiger partial charge in [-0.2, -0.15) is 0 Å². The first-order chi connectivity index (χ1) is 20.9. The molecule has 230 valence electrons. The molecule has 1 aliphatic heterocycles. The molecule has 1 N–H and O–H groups in total. The predicted molar refractivity (Wildman–Crippen MR) is 176 cm³/mol. The quantitative estimate of drug-likeness (QED) is 0.197. The monoisotopic (exact) mass is 583 g/mol. The lowest BCUT2D eigenvalue weighted by atomic mass is 9.99. The summed E-state index contributed by atoms with van der Waals surface area (Å²) in [7, 11) is 1.62. The van der Waals surface area contributed by atoms with Crippen LogP contribution in [0.3, 0.4) is 0 Å². The summed E-state index contributed by atoms with van der Waals surface area (Å²) in [5.74, 6) is 1.35. The Morgan fingerprint density at radius 1 is 0.884 bits per heavy atom.